The maximum atomic E-state index is 12.2. The van der Waals surface area contributed by atoms with Crippen molar-refractivity contribution in [3.05, 3.63) is 24.3 Å². The van der Waals surface area contributed by atoms with E-state index in [1.165, 1.54) is 0 Å². The third-order valence-corrected chi connectivity index (χ3v) is 4.01. The quantitative estimate of drug-likeness (QED) is 0.894. The molecule has 0 aromatic carbocycles. The lowest BCUT2D eigenvalue weighted by atomic mass is 10.0. The van der Waals surface area contributed by atoms with E-state index in [1.54, 1.807) is 18.4 Å². The van der Waals surface area contributed by atoms with Gasteiger partial charge >= 0.3 is 0 Å². The van der Waals surface area contributed by atoms with Crippen molar-refractivity contribution in [1.29, 1.82) is 0 Å². The van der Waals surface area contributed by atoms with Crippen molar-refractivity contribution in [2.24, 2.45) is 0 Å². The van der Waals surface area contributed by atoms with Gasteiger partial charge in [0.2, 0.25) is 17.6 Å². The zero-order valence-corrected chi connectivity index (χ0v) is 13.8. The standard InChI is InChI=1S/C15H20N4O3.ClH/c1-19(11-6-8-16-9-7-11)14(20)5-4-13-17-15(18-22-13)12-3-2-10-21-12;/h2-3,10-11,16H,4-9H2,1H3;1H. The minimum atomic E-state index is 0. The molecule has 3 heterocycles. The number of hydrogen-bond acceptors (Lipinski definition) is 6. The average Bonchev–Trinajstić information content (AvgIpc) is 3.23. The molecule has 23 heavy (non-hydrogen) atoms. The van der Waals surface area contributed by atoms with Crippen molar-refractivity contribution in [2.45, 2.75) is 31.7 Å². The van der Waals surface area contributed by atoms with Crippen LogP contribution in [-0.2, 0) is 11.2 Å². The van der Waals surface area contributed by atoms with E-state index in [1.807, 2.05) is 11.9 Å². The van der Waals surface area contributed by atoms with E-state index in [0.29, 0.717) is 36.4 Å². The van der Waals surface area contributed by atoms with Gasteiger partial charge in [-0.2, -0.15) is 4.98 Å². The van der Waals surface area contributed by atoms with Crippen LogP contribution in [0.15, 0.2) is 27.3 Å². The summed E-state index contributed by atoms with van der Waals surface area (Å²) in [5.74, 6) is 1.55. The number of piperidine rings is 1. The topological polar surface area (TPSA) is 84.4 Å². The molecule has 1 fully saturated rings. The Hall–Kier alpha value is -1.86. The van der Waals surface area contributed by atoms with E-state index in [0.717, 1.165) is 25.9 Å². The first-order valence-corrected chi connectivity index (χ1v) is 7.57. The Labute approximate surface area is 140 Å². The molecular formula is C15H21ClN4O3. The summed E-state index contributed by atoms with van der Waals surface area (Å²) < 4.78 is 10.4. The number of nitrogens with zero attached hydrogens (tertiary/aromatic N) is 3. The van der Waals surface area contributed by atoms with Crippen molar-refractivity contribution in [3.8, 4) is 11.6 Å². The number of rotatable bonds is 5. The predicted octanol–water partition coefficient (Wildman–Crippen LogP) is 1.89. The summed E-state index contributed by atoms with van der Waals surface area (Å²) in [5.41, 5.74) is 0. The summed E-state index contributed by atoms with van der Waals surface area (Å²) in [4.78, 5) is 18.3. The lowest BCUT2D eigenvalue weighted by Gasteiger charge is -2.31. The predicted molar refractivity (Wildman–Crippen MR) is 86.2 cm³/mol. The second-order valence-corrected chi connectivity index (χ2v) is 5.47. The monoisotopic (exact) mass is 340 g/mol. The van der Waals surface area contributed by atoms with Gasteiger partial charge < -0.3 is 19.2 Å². The molecule has 1 aliphatic rings. The molecule has 2 aromatic heterocycles. The fraction of sp³-hybridized carbons (Fsp3) is 0.533. The number of nitrogens with one attached hydrogen (secondary N) is 1. The fourth-order valence-electron chi connectivity index (χ4n) is 2.65. The third-order valence-electron chi connectivity index (χ3n) is 4.01. The molecule has 1 saturated heterocycles. The summed E-state index contributed by atoms with van der Waals surface area (Å²) in [7, 11) is 1.88. The summed E-state index contributed by atoms with van der Waals surface area (Å²) in [5, 5.41) is 7.16. The van der Waals surface area contributed by atoms with Crippen LogP contribution < -0.4 is 5.32 Å². The summed E-state index contributed by atoms with van der Waals surface area (Å²) >= 11 is 0. The van der Waals surface area contributed by atoms with E-state index in [2.05, 4.69) is 15.5 Å². The minimum Gasteiger partial charge on any atom is -0.461 e. The number of carbonyl (C=O) groups is 1. The Morgan fingerprint density at radius 1 is 1.43 bits per heavy atom. The smallest absolute Gasteiger partial charge is 0.238 e. The number of hydrogen-bond donors (Lipinski definition) is 1. The first kappa shape index (κ1) is 17.5. The lowest BCUT2D eigenvalue weighted by molar-refractivity contribution is -0.132. The minimum absolute atomic E-state index is 0. The van der Waals surface area contributed by atoms with Crippen LogP contribution >= 0.6 is 12.4 Å². The number of halogens is 1. The van der Waals surface area contributed by atoms with E-state index < -0.39 is 0 Å². The molecule has 1 aliphatic heterocycles. The van der Waals surface area contributed by atoms with Crippen LogP contribution in [0.5, 0.6) is 0 Å². The van der Waals surface area contributed by atoms with Gasteiger partial charge in [-0.1, -0.05) is 5.16 Å². The van der Waals surface area contributed by atoms with E-state index in [-0.39, 0.29) is 18.3 Å². The van der Waals surface area contributed by atoms with Crippen LogP contribution in [0.3, 0.4) is 0 Å². The van der Waals surface area contributed by atoms with Crippen molar-refractivity contribution >= 4 is 18.3 Å². The van der Waals surface area contributed by atoms with Crippen LogP contribution in [-0.4, -0.2) is 47.1 Å². The summed E-state index contributed by atoms with van der Waals surface area (Å²) in [6.45, 7) is 1.94. The highest BCUT2D eigenvalue weighted by Crippen LogP contribution is 2.17. The molecule has 2 aromatic rings. The molecule has 0 unspecified atom stereocenters. The van der Waals surface area contributed by atoms with Gasteiger partial charge in [-0.25, -0.2) is 0 Å². The van der Waals surface area contributed by atoms with Gasteiger partial charge in [0.15, 0.2) is 5.76 Å². The zero-order valence-electron chi connectivity index (χ0n) is 13.0. The van der Waals surface area contributed by atoms with Crippen LogP contribution in [0, 0.1) is 0 Å². The Morgan fingerprint density at radius 3 is 2.91 bits per heavy atom. The normalized spacial score (nSPS) is 15.2. The molecule has 1 N–H and O–H groups in total. The second-order valence-electron chi connectivity index (χ2n) is 5.47. The largest absolute Gasteiger partial charge is 0.461 e. The molecule has 7 nitrogen and oxygen atoms in total. The van der Waals surface area contributed by atoms with Crippen molar-refractivity contribution in [3.63, 3.8) is 0 Å². The van der Waals surface area contributed by atoms with Crippen LogP contribution in [0.2, 0.25) is 0 Å². The van der Waals surface area contributed by atoms with Gasteiger partial charge in [0.1, 0.15) is 0 Å². The Balaban J connectivity index is 0.00000192. The lowest BCUT2D eigenvalue weighted by Crippen LogP contribution is -2.44. The fourth-order valence-corrected chi connectivity index (χ4v) is 2.65. The molecule has 0 bridgehead atoms. The Kier molecular flexibility index (Phi) is 6.18. The first-order chi connectivity index (χ1) is 10.7. The van der Waals surface area contributed by atoms with Gasteiger partial charge in [0.05, 0.1) is 6.26 Å². The molecule has 126 valence electrons. The number of carbonyl (C=O) groups excluding carboxylic acids is 1. The SMILES string of the molecule is CN(C(=O)CCc1nc(-c2ccco2)no1)C1CCNCC1.Cl. The third kappa shape index (κ3) is 4.33. The molecule has 0 saturated carbocycles. The average molecular weight is 341 g/mol. The van der Waals surface area contributed by atoms with Gasteiger partial charge in [0, 0.05) is 25.9 Å². The molecule has 8 heteroatoms. The zero-order chi connectivity index (χ0) is 15.4. The van der Waals surface area contributed by atoms with Crippen LogP contribution in [0.4, 0.5) is 0 Å². The van der Waals surface area contributed by atoms with Crippen LogP contribution in [0.25, 0.3) is 11.6 Å². The summed E-state index contributed by atoms with van der Waals surface area (Å²) in [6, 6.07) is 3.86. The molecular weight excluding hydrogens is 320 g/mol. The molecule has 0 atom stereocenters. The Bertz CT molecular complexity index is 608. The molecule has 0 radical (unpaired) electrons. The molecule has 0 aliphatic carbocycles. The number of aromatic nitrogens is 2. The maximum absolute atomic E-state index is 12.2. The number of aryl methyl sites for hydroxylation is 1. The number of amides is 1. The van der Waals surface area contributed by atoms with E-state index in [9.17, 15) is 4.79 Å². The second kappa shape index (κ2) is 8.12. The van der Waals surface area contributed by atoms with E-state index >= 15 is 0 Å². The van der Waals surface area contributed by atoms with Gasteiger partial charge in [0.25, 0.3) is 0 Å². The maximum Gasteiger partial charge on any atom is 0.238 e. The summed E-state index contributed by atoms with van der Waals surface area (Å²) in [6.07, 6.45) is 4.39. The first-order valence-electron chi connectivity index (χ1n) is 7.57. The highest BCUT2D eigenvalue weighted by molar-refractivity contribution is 5.85. The van der Waals surface area contributed by atoms with Crippen molar-refractivity contribution in [1.82, 2.24) is 20.4 Å². The molecule has 0 spiro atoms. The highest BCUT2D eigenvalue weighted by atomic mass is 35.5. The van der Waals surface area contributed by atoms with E-state index in [4.69, 9.17) is 8.94 Å². The van der Waals surface area contributed by atoms with Gasteiger partial charge in [-0.15, -0.1) is 12.4 Å². The molecule has 1 amide bonds. The van der Waals surface area contributed by atoms with Crippen molar-refractivity contribution in [2.75, 3.05) is 20.1 Å². The Morgan fingerprint density at radius 2 is 2.22 bits per heavy atom. The number of furan rings is 1. The van der Waals surface area contributed by atoms with Crippen LogP contribution in [0.1, 0.15) is 25.2 Å². The highest BCUT2D eigenvalue weighted by Gasteiger charge is 2.22. The van der Waals surface area contributed by atoms with Crippen molar-refractivity contribution < 1.29 is 13.7 Å². The van der Waals surface area contributed by atoms with Gasteiger partial charge in [-0.3, -0.25) is 4.79 Å². The van der Waals surface area contributed by atoms with Gasteiger partial charge in [-0.05, 0) is 38.1 Å². The molecule has 3 rings (SSSR count).